The van der Waals surface area contributed by atoms with Crippen LogP contribution in [-0.4, -0.2) is 32.9 Å². The highest BCUT2D eigenvalue weighted by Gasteiger charge is 2.48. The van der Waals surface area contributed by atoms with Gasteiger partial charge in [0.1, 0.15) is 15.8 Å². The van der Waals surface area contributed by atoms with E-state index in [9.17, 15) is 18.0 Å². The van der Waals surface area contributed by atoms with Gasteiger partial charge in [-0.1, -0.05) is 49.0 Å². The zero-order valence-electron chi connectivity index (χ0n) is 19.7. The lowest BCUT2D eigenvalue weighted by Gasteiger charge is -2.30. The van der Waals surface area contributed by atoms with Crippen molar-refractivity contribution in [1.29, 1.82) is 0 Å². The van der Waals surface area contributed by atoms with Crippen molar-refractivity contribution in [2.45, 2.75) is 63.6 Å². The summed E-state index contributed by atoms with van der Waals surface area (Å²) in [7, 11) is 0. The molecular weight excluding hydrogens is 507 g/mol. The van der Waals surface area contributed by atoms with Gasteiger partial charge in [0.2, 0.25) is 0 Å². The Hall–Kier alpha value is -2.10. The Labute approximate surface area is 217 Å². The molecule has 2 heterocycles. The number of aliphatic hydroxyl groups is 1. The van der Waals surface area contributed by atoms with Crippen LogP contribution in [0.1, 0.15) is 61.8 Å². The topological polar surface area (TPSA) is 53.7 Å². The zero-order chi connectivity index (χ0) is 25.4. The maximum atomic E-state index is 13.4. The van der Waals surface area contributed by atoms with Gasteiger partial charge in [-0.3, -0.25) is 9.69 Å². The second-order valence-electron chi connectivity index (χ2n) is 9.90. The minimum absolute atomic E-state index is 0.0822. The highest BCUT2D eigenvalue weighted by Crippen LogP contribution is 2.49. The molecular formula is C27H28F3NO3S2. The lowest BCUT2D eigenvalue weighted by atomic mass is 9.94. The molecule has 5 rings (SSSR count). The largest absolute Gasteiger partial charge is 0.456 e. The van der Waals surface area contributed by atoms with Gasteiger partial charge in [-0.05, 0) is 74.1 Å². The third-order valence-corrected chi connectivity index (χ3v) is 8.89. The van der Waals surface area contributed by atoms with Crippen molar-refractivity contribution >= 4 is 40.3 Å². The first-order chi connectivity index (χ1) is 17.2. The van der Waals surface area contributed by atoms with Crippen LogP contribution in [0.5, 0.6) is 0 Å². The first kappa shape index (κ1) is 25.5. The number of fused-ring (bicyclic) bond motifs is 2. The molecule has 1 aromatic carbocycles. The average Bonchev–Trinajstić information content (AvgIpc) is 3.61. The number of aryl methyl sites for hydroxylation is 1. The summed E-state index contributed by atoms with van der Waals surface area (Å²) in [6.07, 6.45) is 4.93. The monoisotopic (exact) mass is 535 g/mol. The van der Waals surface area contributed by atoms with Crippen molar-refractivity contribution < 1.29 is 27.5 Å². The van der Waals surface area contributed by atoms with Crippen molar-refractivity contribution in [3.63, 3.8) is 0 Å². The van der Waals surface area contributed by atoms with Gasteiger partial charge in [-0.15, -0.1) is 0 Å². The molecule has 9 heteroatoms. The van der Waals surface area contributed by atoms with Gasteiger partial charge in [-0.2, -0.15) is 13.2 Å². The van der Waals surface area contributed by atoms with Crippen LogP contribution in [0.2, 0.25) is 0 Å². The number of thioether (sulfide) groups is 1. The summed E-state index contributed by atoms with van der Waals surface area (Å²) in [6, 6.07) is 6.90. The number of nitrogens with zero attached hydrogens (tertiary/aromatic N) is 1. The molecule has 1 aromatic heterocycles. The van der Waals surface area contributed by atoms with Crippen LogP contribution in [0, 0.1) is 11.8 Å². The van der Waals surface area contributed by atoms with E-state index < -0.39 is 11.7 Å². The molecule has 1 saturated heterocycles. The fraction of sp³-hybridized carbons (Fsp3) is 0.481. The Balaban J connectivity index is 1.41. The van der Waals surface area contributed by atoms with E-state index in [2.05, 4.69) is 0 Å². The van der Waals surface area contributed by atoms with E-state index in [4.69, 9.17) is 21.7 Å². The normalized spacial score (nSPS) is 25.1. The van der Waals surface area contributed by atoms with E-state index in [1.807, 2.05) is 6.07 Å². The van der Waals surface area contributed by atoms with Crippen LogP contribution < -0.4 is 0 Å². The number of carbonyl (C=O) groups is 1. The molecule has 2 bridgehead atoms. The summed E-state index contributed by atoms with van der Waals surface area (Å²) in [5, 5.41) is 9.08. The molecule has 2 aromatic rings. The van der Waals surface area contributed by atoms with E-state index in [1.165, 1.54) is 36.7 Å². The second-order valence-corrected chi connectivity index (χ2v) is 11.6. The molecule has 2 aliphatic carbocycles. The maximum absolute atomic E-state index is 13.4. The Morgan fingerprint density at radius 1 is 1.14 bits per heavy atom. The summed E-state index contributed by atoms with van der Waals surface area (Å²) in [6.45, 7) is 0.126. The van der Waals surface area contributed by atoms with Gasteiger partial charge in [0.15, 0.2) is 0 Å². The molecule has 192 valence electrons. The first-order valence-corrected chi connectivity index (χ1v) is 13.7. The SMILES string of the molecule is O=C1/C(=C/c2oc(-c3ccc(C(F)(F)F)cc3)cc2CCCCCO)SC(=S)N1C1CC2CCC1C2. The number of furan rings is 1. The maximum Gasteiger partial charge on any atom is 0.416 e. The number of rotatable bonds is 8. The Morgan fingerprint density at radius 2 is 1.92 bits per heavy atom. The number of halogens is 3. The molecule has 3 fully saturated rings. The average molecular weight is 536 g/mol. The molecule has 36 heavy (non-hydrogen) atoms. The minimum Gasteiger partial charge on any atom is -0.456 e. The van der Waals surface area contributed by atoms with E-state index >= 15 is 0 Å². The zero-order valence-corrected chi connectivity index (χ0v) is 21.4. The van der Waals surface area contributed by atoms with Crippen LogP contribution in [0.15, 0.2) is 39.7 Å². The van der Waals surface area contributed by atoms with Gasteiger partial charge >= 0.3 is 6.18 Å². The van der Waals surface area contributed by atoms with Crippen LogP contribution in [0.25, 0.3) is 17.4 Å². The molecule has 0 radical (unpaired) electrons. The van der Waals surface area contributed by atoms with Gasteiger partial charge in [0, 0.05) is 24.3 Å². The van der Waals surface area contributed by atoms with E-state index in [0.717, 1.165) is 43.4 Å². The Morgan fingerprint density at radius 3 is 2.56 bits per heavy atom. The molecule has 4 nitrogen and oxygen atoms in total. The molecule has 3 atom stereocenters. The molecule has 3 unspecified atom stereocenters. The summed E-state index contributed by atoms with van der Waals surface area (Å²) in [4.78, 5) is 15.7. The van der Waals surface area contributed by atoms with Crippen molar-refractivity contribution in [3.8, 4) is 11.3 Å². The number of unbranched alkanes of at least 4 members (excludes halogenated alkanes) is 2. The van der Waals surface area contributed by atoms with Gasteiger partial charge in [0.25, 0.3) is 5.91 Å². The fourth-order valence-corrected chi connectivity index (χ4v) is 7.09. The van der Waals surface area contributed by atoms with Crippen molar-refractivity contribution in [2.24, 2.45) is 11.8 Å². The predicted molar refractivity (Wildman–Crippen MR) is 138 cm³/mol. The number of hydrogen-bond donors (Lipinski definition) is 1. The summed E-state index contributed by atoms with van der Waals surface area (Å²) in [5.74, 6) is 2.11. The smallest absolute Gasteiger partial charge is 0.416 e. The third kappa shape index (κ3) is 5.15. The minimum atomic E-state index is -4.40. The lowest BCUT2D eigenvalue weighted by Crippen LogP contribution is -2.41. The van der Waals surface area contributed by atoms with Crippen molar-refractivity contribution in [3.05, 3.63) is 52.1 Å². The highest BCUT2D eigenvalue weighted by molar-refractivity contribution is 8.26. The summed E-state index contributed by atoms with van der Waals surface area (Å²) in [5.41, 5.74) is 0.702. The molecule has 2 saturated carbocycles. The third-order valence-electron chi connectivity index (χ3n) is 7.56. The van der Waals surface area contributed by atoms with Crippen LogP contribution >= 0.6 is 24.0 Å². The predicted octanol–water partition coefficient (Wildman–Crippen LogP) is 7.06. The first-order valence-electron chi connectivity index (χ1n) is 12.4. The Kier molecular flexibility index (Phi) is 7.34. The number of aliphatic hydroxyl groups excluding tert-OH is 1. The van der Waals surface area contributed by atoms with Crippen LogP contribution in [0.3, 0.4) is 0 Å². The standard InChI is InChI=1S/C27H28F3NO3S2/c28-27(29,30)20-9-7-17(8-10-20)22-14-19(4-2-1-3-11-32)23(34-22)15-24-25(33)31(26(35)36-24)21-13-16-5-6-18(21)12-16/h7-10,14-16,18,21,32H,1-6,11-13H2/b24-15-. The van der Waals surface area contributed by atoms with Gasteiger partial charge in [-0.25, -0.2) is 0 Å². The van der Waals surface area contributed by atoms with E-state index in [1.54, 1.807) is 11.0 Å². The molecule has 0 spiro atoms. The number of benzene rings is 1. The number of hydrogen-bond acceptors (Lipinski definition) is 5. The van der Waals surface area contributed by atoms with E-state index in [-0.39, 0.29) is 18.6 Å². The van der Waals surface area contributed by atoms with Crippen molar-refractivity contribution in [1.82, 2.24) is 4.90 Å². The summed E-state index contributed by atoms with van der Waals surface area (Å²) >= 11 is 6.89. The molecule has 3 aliphatic rings. The van der Waals surface area contributed by atoms with Crippen LogP contribution in [-0.2, 0) is 17.4 Å². The highest BCUT2D eigenvalue weighted by atomic mass is 32.2. The van der Waals surface area contributed by atoms with Crippen LogP contribution in [0.4, 0.5) is 13.2 Å². The van der Waals surface area contributed by atoms with Crippen molar-refractivity contribution in [2.75, 3.05) is 6.61 Å². The number of alkyl halides is 3. The second kappa shape index (κ2) is 10.3. The summed E-state index contributed by atoms with van der Waals surface area (Å²) < 4.78 is 45.6. The van der Waals surface area contributed by atoms with Gasteiger partial charge < -0.3 is 9.52 Å². The molecule has 1 amide bonds. The number of amides is 1. The van der Waals surface area contributed by atoms with E-state index in [0.29, 0.717) is 51.0 Å². The fourth-order valence-electron chi connectivity index (χ4n) is 5.74. The van der Waals surface area contributed by atoms with Gasteiger partial charge in [0.05, 0.1) is 10.5 Å². The number of carbonyl (C=O) groups excluding carboxylic acids is 1. The lowest BCUT2D eigenvalue weighted by molar-refractivity contribution is -0.137. The Bertz CT molecular complexity index is 1170. The molecule has 1 aliphatic heterocycles. The molecule has 1 N–H and O–H groups in total. The quantitative estimate of drug-likeness (QED) is 0.223. The number of thiocarbonyl (C=S) groups is 1.